The molecule has 0 radical (unpaired) electrons. The Morgan fingerprint density at radius 3 is 2.53 bits per heavy atom. The van der Waals surface area contributed by atoms with Crippen LogP contribution in [-0.2, 0) is 0 Å². The molecule has 0 spiro atoms. The van der Waals surface area contributed by atoms with E-state index in [0.717, 1.165) is 19.5 Å². The Labute approximate surface area is 106 Å². The van der Waals surface area contributed by atoms with Crippen molar-refractivity contribution in [1.29, 1.82) is 0 Å². The molecule has 3 heteroatoms. The van der Waals surface area contributed by atoms with Gasteiger partial charge in [-0.1, -0.05) is 52.4 Å². The van der Waals surface area contributed by atoms with Crippen molar-refractivity contribution < 1.29 is 4.79 Å². The highest BCUT2D eigenvalue weighted by Gasteiger charge is 2.28. The van der Waals surface area contributed by atoms with E-state index in [0.29, 0.717) is 6.04 Å². The molecule has 1 saturated heterocycles. The molecule has 0 bridgehead atoms. The van der Waals surface area contributed by atoms with Crippen molar-refractivity contribution in [2.75, 3.05) is 13.1 Å². The third-order valence-electron chi connectivity index (χ3n) is 3.55. The van der Waals surface area contributed by atoms with Gasteiger partial charge in [-0.25, -0.2) is 4.79 Å². The van der Waals surface area contributed by atoms with Crippen LogP contribution >= 0.6 is 0 Å². The van der Waals surface area contributed by atoms with E-state index in [4.69, 9.17) is 0 Å². The predicted molar refractivity (Wildman–Crippen MR) is 72.2 cm³/mol. The van der Waals surface area contributed by atoms with Gasteiger partial charge in [0.25, 0.3) is 0 Å². The molecule has 1 rings (SSSR count). The van der Waals surface area contributed by atoms with Gasteiger partial charge < -0.3 is 10.2 Å². The van der Waals surface area contributed by atoms with E-state index >= 15 is 0 Å². The van der Waals surface area contributed by atoms with Crippen molar-refractivity contribution in [2.45, 2.75) is 71.3 Å². The first-order chi connectivity index (χ1) is 8.29. The fraction of sp³-hybridized carbons (Fsp3) is 0.929. The van der Waals surface area contributed by atoms with Crippen molar-refractivity contribution >= 4 is 6.03 Å². The second-order valence-corrected chi connectivity index (χ2v) is 5.09. The zero-order chi connectivity index (χ0) is 12.5. The van der Waals surface area contributed by atoms with E-state index < -0.39 is 0 Å². The van der Waals surface area contributed by atoms with Gasteiger partial charge in [-0.3, -0.25) is 0 Å². The largest absolute Gasteiger partial charge is 0.336 e. The molecule has 1 atom stereocenters. The number of unbranched alkanes of at least 4 members (excludes halogenated alkanes) is 5. The highest BCUT2D eigenvalue weighted by atomic mass is 16.2. The van der Waals surface area contributed by atoms with Crippen molar-refractivity contribution in [3.05, 3.63) is 0 Å². The van der Waals surface area contributed by atoms with Crippen LogP contribution in [0, 0.1) is 0 Å². The fourth-order valence-corrected chi connectivity index (χ4v) is 2.53. The van der Waals surface area contributed by atoms with Gasteiger partial charge in [0.2, 0.25) is 0 Å². The van der Waals surface area contributed by atoms with Crippen LogP contribution in [0.4, 0.5) is 4.79 Å². The summed E-state index contributed by atoms with van der Waals surface area (Å²) in [4.78, 5) is 13.6. The molecule has 0 aromatic heterocycles. The van der Waals surface area contributed by atoms with Gasteiger partial charge in [-0.15, -0.1) is 0 Å². The molecular weight excluding hydrogens is 212 g/mol. The monoisotopic (exact) mass is 240 g/mol. The number of urea groups is 1. The molecule has 0 saturated carbocycles. The summed E-state index contributed by atoms with van der Waals surface area (Å²) in [5, 5.41) is 2.95. The van der Waals surface area contributed by atoms with Gasteiger partial charge in [0, 0.05) is 13.1 Å². The van der Waals surface area contributed by atoms with Crippen molar-refractivity contribution in [3.63, 3.8) is 0 Å². The van der Waals surface area contributed by atoms with E-state index in [1.165, 1.54) is 44.9 Å². The Hall–Kier alpha value is -0.730. The molecule has 0 aliphatic carbocycles. The van der Waals surface area contributed by atoms with Crippen LogP contribution in [0.1, 0.15) is 65.2 Å². The Morgan fingerprint density at radius 1 is 1.12 bits per heavy atom. The number of hydrogen-bond acceptors (Lipinski definition) is 1. The Morgan fingerprint density at radius 2 is 1.82 bits per heavy atom. The molecule has 2 amide bonds. The van der Waals surface area contributed by atoms with Crippen LogP contribution in [0.25, 0.3) is 0 Å². The summed E-state index contributed by atoms with van der Waals surface area (Å²) in [6.45, 7) is 6.14. The number of nitrogens with one attached hydrogen (secondary N) is 1. The summed E-state index contributed by atoms with van der Waals surface area (Å²) in [7, 11) is 0. The quantitative estimate of drug-likeness (QED) is 0.614. The standard InChI is InChI=1S/C14H28N2O/c1-3-5-6-7-8-9-10-13-12-15-14(17)16(13)11-4-2/h13H,3-12H2,1-2H3,(H,15,17). The molecule has 3 nitrogen and oxygen atoms in total. The lowest BCUT2D eigenvalue weighted by Crippen LogP contribution is -2.34. The summed E-state index contributed by atoms with van der Waals surface area (Å²) in [5.41, 5.74) is 0. The van der Waals surface area contributed by atoms with Crippen molar-refractivity contribution in [2.24, 2.45) is 0 Å². The van der Waals surface area contributed by atoms with Gasteiger partial charge in [-0.2, -0.15) is 0 Å². The topological polar surface area (TPSA) is 32.3 Å². The predicted octanol–water partition coefficient (Wildman–Crippen LogP) is 3.54. The normalized spacial score (nSPS) is 19.8. The zero-order valence-electron chi connectivity index (χ0n) is 11.5. The lowest BCUT2D eigenvalue weighted by atomic mass is 10.1. The second-order valence-electron chi connectivity index (χ2n) is 5.09. The third-order valence-corrected chi connectivity index (χ3v) is 3.55. The van der Waals surface area contributed by atoms with Gasteiger partial charge in [0.05, 0.1) is 6.04 Å². The fourth-order valence-electron chi connectivity index (χ4n) is 2.53. The molecule has 0 aromatic carbocycles. The van der Waals surface area contributed by atoms with Gasteiger partial charge in [-0.05, 0) is 12.8 Å². The maximum atomic E-state index is 11.6. The maximum Gasteiger partial charge on any atom is 0.317 e. The van der Waals surface area contributed by atoms with Crippen LogP contribution in [0.2, 0.25) is 0 Å². The second kappa shape index (κ2) is 8.37. The average molecular weight is 240 g/mol. The molecule has 17 heavy (non-hydrogen) atoms. The van der Waals surface area contributed by atoms with Crippen LogP contribution in [0.3, 0.4) is 0 Å². The van der Waals surface area contributed by atoms with Gasteiger partial charge in [0.15, 0.2) is 0 Å². The summed E-state index contributed by atoms with van der Waals surface area (Å²) >= 11 is 0. The summed E-state index contributed by atoms with van der Waals surface area (Å²) in [6.07, 6.45) is 10.2. The average Bonchev–Trinajstić information content (AvgIpc) is 2.66. The first kappa shape index (κ1) is 14.3. The van der Waals surface area contributed by atoms with E-state index in [1.807, 2.05) is 4.90 Å². The molecule has 1 fully saturated rings. The SMILES string of the molecule is CCCCCCCCC1CNC(=O)N1CCC. The number of hydrogen-bond donors (Lipinski definition) is 1. The van der Waals surface area contributed by atoms with Crippen LogP contribution in [0.5, 0.6) is 0 Å². The molecule has 1 N–H and O–H groups in total. The lowest BCUT2D eigenvalue weighted by Gasteiger charge is -2.22. The van der Waals surface area contributed by atoms with E-state index in [2.05, 4.69) is 19.2 Å². The number of carbonyl (C=O) groups excluding carboxylic acids is 1. The van der Waals surface area contributed by atoms with Crippen LogP contribution < -0.4 is 5.32 Å². The first-order valence-corrected chi connectivity index (χ1v) is 7.34. The smallest absolute Gasteiger partial charge is 0.317 e. The number of nitrogens with zero attached hydrogens (tertiary/aromatic N) is 1. The Balaban J connectivity index is 2.11. The molecule has 1 unspecified atom stereocenters. The Kier molecular flexibility index (Phi) is 7.06. The van der Waals surface area contributed by atoms with E-state index in [-0.39, 0.29) is 6.03 Å². The van der Waals surface area contributed by atoms with Gasteiger partial charge >= 0.3 is 6.03 Å². The molecule has 1 aliphatic heterocycles. The maximum absolute atomic E-state index is 11.6. The molecule has 1 aliphatic rings. The minimum absolute atomic E-state index is 0.142. The summed E-state index contributed by atoms with van der Waals surface area (Å²) < 4.78 is 0. The van der Waals surface area contributed by atoms with Gasteiger partial charge in [0.1, 0.15) is 0 Å². The number of rotatable bonds is 9. The lowest BCUT2D eigenvalue weighted by molar-refractivity contribution is 0.200. The first-order valence-electron chi connectivity index (χ1n) is 7.34. The van der Waals surface area contributed by atoms with Crippen molar-refractivity contribution in [3.8, 4) is 0 Å². The number of amides is 2. The van der Waals surface area contributed by atoms with E-state index in [9.17, 15) is 4.79 Å². The van der Waals surface area contributed by atoms with Crippen molar-refractivity contribution in [1.82, 2.24) is 10.2 Å². The summed E-state index contributed by atoms with van der Waals surface area (Å²) in [5.74, 6) is 0. The van der Waals surface area contributed by atoms with Crippen LogP contribution in [-0.4, -0.2) is 30.1 Å². The van der Waals surface area contributed by atoms with E-state index in [1.54, 1.807) is 0 Å². The Bertz CT molecular complexity index is 218. The number of carbonyl (C=O) groups is 1. The highest BCUT2D eigenvalue weighted by Crippen LogP contribution is 2.16. The zero-order valence-corrected chi connectivity index (χ0v) is 11.5. The molecule has 1 heterocycles. The minimum atomic E-state index is 0.142. The minimum Gasteiger partial charge on any atom is -0.336 e. The van der Waals surface area contributed by atoms with Crippen LogP contribution in [0.15, 0.2) is 0 Å². The molecule has 0 aromatic rings. The third kappa shape index (κ3) is 4.97. The highest BCUT2D eigenvalue weighted by molar-refractivity contribution is 5.76. The molecule has 100 valence electrons. The molecular formula is C14H28N2O. The summed E-state index contributed by atoms with van der Waals surface area (Å²) in [6, 6.07) is 0.594.